The molecule has 0 spiro atoms. The van der Waals surface area contributed by atoms with Gasteiger partial charge in [-0.3, -0.25) is 4.79 Å². The zero-order valence-electron chi connectivity index (χ0n) is 10.2. The van der Waals surface area contributed by atoms with E-state index < -0.39 is 0 Å². The van der Waals surface area contributed by atoms with Gasteiger partial charge in [0.1, 0.15) is 11.5 Å². The molecule has 0 aromatic heterocycles. The van der Waals surface area contributed by atoms with Gasteiger partial charge in [0, 0.05) is 19.2 Å². The molecule has 0 saturated carbocycles. The zero-order chi connectivity index (χ0) is 13.1. The number of rotatable bonds is 2. The summed E-state index contributed by atoms with van der Waals surface area (Å²) in [4.78, 5) is 14.0. The molecule has 1 aromatic rings. The highest BCUT2D eigenvalue weighted by molar-refractivity contribution is 5.97. The number of amides is 1. The normalized spacial score (nSPS) is 19.8. The van der Waals surface area contributed by atoms with Gasteiger partial charge in [0.25, 0.3) is 5.91 Å². The maximum absolute atomic E-state index is 12.2. The molecule has 5 nitrogen and oxygen atoms in total. The number of phenols is 2. The van der Waals surface area contributed by atoms with E-state index in [9.17, 15) is 15.0 Å². The molecule has 4 N–H and O–H groups in total. The zero-order valence-corrected chi connectivity index (χ0v) is 10.2. The molecule has 98 valence electrons. The molecule has 18 heavy (non-hydrogen) atoms. The van der Waals surface area contributed by atoms with E-state index in [1.54, 1.807) is 4.90 Å². The SMILES string of the molecule is NCC1CCCN(C(=O)c2ccc(O)cc2O)C1. The topological polar surface area (TPSA) is 86.8 Å². The van der Waals surface area contributed by atoms with E-state index in [1.165, 1.54) is 18.2 Å². The highest BCUT2D eigenvalue weighted by Crippen LogP contribution is 2.25. The van der Waals surface area contributed by atoms with Crippen LogP contribution in [0.3, 0.4) is 0 Å². The number of hydrogen-bond donors (Lipinski definition) is 3. The summed E-state index contributed by atoms with van der Waals surface area (Å²) in [7, 11) is 0. The molecule has 1 aromatic carbocycles. The number of hydrogen-bond acceptors (Lipinski definition) is 4. The van der Waals surface area contributed by atoms with Crippen molar-refractivity contribution >= 4 is 5.91 Å². The van der Waals surface area contributed by atoms with Crippen LogP contribution in [-0.4, -0.2) is 40.7 Å². The lowest BCUT2D eigenvalue weighted by Gasteiger charge is -2.32. The Morgan fingerprint density at radius 2 is 2.22 bits per heavy atom. The second-order valence-corrected chi connectivity index (χ2v) is 4.70. The van der Waals surface area contributed by atoms with Gasteiger partial charge in [0.05, 0.1) is 5.56 Å². The van der Waals surface area contributed by atoms with Crippen LogP contribution in [0.15, 0.2) is 18.2 Å². The van der Waals surface area contributed by atoms with Crippen molar-refractivity contribution in [1.29, 1.82) is 0 Å². The van der Waals surface area contributed by atoms with Gasteiger partial charge in [0.2, 0.25) is 0 Å². The summed E-state index contributed by atoms with van der Waals surface area (Å²) in [6.07, 6.45) is 1.98. The molecule has 1 saturated heterocycles. The summed E-state index contributed by atoms with van der Waals surface area (Å²) in [5.41, 5.74) is 5.86. The minimum absolute atomic E-state index is 0.0532. The molecule has 1 aliphatic rings. The second-order valence-electron chi connectivity index (χ2n) is 4.70. The van der Waals surface area contributed by atoms with E-state index in [2.05, 4.69) is 0 Å². The van der Waals surface area contributed by atoms with E-state index in [4.69, 9.17) is 5.73 Å². The van der Waals surface area contributed by atoms with Gasteiger partial charge >= 0.3 is 0 Å². The molecule has 1 aliphatic heterocycles. The third kappa shape index (κ3) is 2.56. The third-order valence-corrected chi connectivity index (χ3v) is 3.35. The largest absolute Gasteiger partial charge is 0.508 e. The van der Waals surface area contributed by atoms with Crippen LogP contribution in [0.25, 0.3) is 0 Å². The number of carbonyl (C=O) groups excluding carboxylic acids is 1. The molecule has 1 fully saturated rings. The first-order valence-electron chi connectivity index (χ1n) is 6.13. The first-order chi connectivity index (χ1) is 8.61. The molecule has 0 radical (unpaired) electrons. The monoisotopic (exact) mass is 250 g/mol. The van der Waals surface area contributed by atoms with Crippen LogP contribution in [0, 0.1) is 5.92 Å². The van der Waals surface area contributed by atoms with Crippen LogP contribution in [-0.2, 0) is 0 Å². The number of carbonyl (C=O) groups is 1. The van der Waals surface area contributed by atoms with Crippen LogP contribution in [0.1, 0.15) is 23.2 Å². The van der Waals surface area contributed by atoms with Crippen molar-refractivity contribution in [3.63, 3.8) is 0 Å². The molecular formula is C13H18N2O3. The van der Waals surface area contributed by atoms with E-state index >= 15 is 0 Å². The number of piperidine rings is 1. The lowest BCUT2D eigenvalue weighted by Crippen LogP contribution is -2.42. The van der Waals surface area contributed by atoms with E-state index in [0.29, 0.717) is 25.6 Å². The van der Waals surface area contributed by atoms with E-state index in [1.807, 2.05) is 0 Å². The molecule has 1 heterocycles. The fourth-order valence-corrected chi connectivity index (χ4v) is 2.31. The fourth-order valence-electron chi connectivity index (χ4n) is 2.31. The standard InChI is InChI=1S/C13H18N2O3/c14-7-9-2-1-5-15(8-9)13(18)11-4-3-10(16)6-12(11)17/h3-4,6,9,16-17H,1-2,5,7-8,14H2. The van der Waals surface area contributed by atoms with Crippen molar-refractivity contribution in [2.75, 3.05) is 19.6 Å². The maximum Gasteiger partial charge on any atom is 0.257 e. The van der Waals surface area contributed by atoms with Crippen molar-refractivity contribution in [2.24, 2.45) is 11.7 Å². The van der Waals surface area contributed by atoms with Crippen LogP contribution < -0.4 is 5.73 Å². The summed E-state index contributed by atoms with van der Waals surface area (Å²) in [5, 5.41) is 18.9. The Balaban J connectivity index is 2.15. The highest BCUT2D eigenvalue weighted by atomic mass is 16.3. The van der Waals surface area contributed by atoms with Crippen molar-refractivity contribution in [3.05, 3.63) is 23.8 Å². The average molecular weight is 250 g/mol. The first kappa shape index (κ1) is 12.7. The fraction of sp³-hybridized carbons (Fsp3) is 0.462. The molecule has 1 unspecified atom stereocenters. The Kier molecular flexibility index (Phi) is 3.72. The van der Waals surface area contributed by atoms with Gasteiger partial charge < -0.3 is 20.8 Å². The number of likely N-dealkylation sites (tertiary alicyclic amines) is 1. The van der Waals surface area contributed by atoms with E-state index in [-0.39, 0.29) is 23.0 Å². The van der Waals surface area contributed by atoms with Gasteiger partial charge in [-0.25, -0.2) is 0 Å². The summed E-state index contributed by atoms with van der Waals surface area (Å²) < 4.78 is 0. The third-order valence-electron chi connectivity index (χ3n) is 3.35. The van der Waals surface area contributed by atoms with Crippen LogP contribution in [0.5, 0.6) is 11.5 Å². The quantitative estimate of drug-likeness (QED) is 0.728. The smallest absolute Gasteiger partial charge is 0.257 e. The molecule has 1 atom stereocenters. The second kappa shape index (κ2) is 5.27. The average Bonchev–Trinajstić information content (AvgIpc) is 2.38. The summed E-state index contributed by atoms with van der Waals surface area (Å²) in [6, 6.07) is 4.02. The number of benzene rings is 1. The Morgan fingerprint density at radius 1 is 1.44 bits per heavy atom. The predicted octanol–water partition coefficient (Wildman–Crippen LogP) is 0.909. The highest BCUT2D eigenvalue weighted by Gasteiger charge is 2.25. The minimum Gasteiger partial charge on any atom is -0.508 e. The summed E-state index contributed by atoms with van der Waals surface area (Å²) in [6.45, 7) is 1.90. The Hall–Kier alpha value is -1.75. The Morgan fingerprint density at radius 3 is 2.89 bits per heavy atom. The van der Waals surface area contributed by atoms with Gasteiger partial charge in [-0.05, 0) is 37.4 Å². The lowest BCUT2D eigenvalue weighted by atomic mass is 9.97. The van der Waals surface area contributed by atoms with Crippen LogP contribution >= 0.6 is 0 Å². The number of nitrogens with zero attached hydrogens (tertiary/aromatic N) is 1. The number of nitrogens with two attached hydrogens (primary N) is 1. The maximum atomic E-state index is 12.2. The van der Waals surface area contributed by atoms with Crippen molar-refractivity contribution in [1.82, 2.24) is 4.90 Å². The van der Waals surface area contributed by atoms with Crippen molar-refractivity contribution < 1.29 is 15.0 Å². The van der Waals surface area contributed by atoms with Gasteiger partial charge in [-0.2, -0.15) is 0 Å². The number of aromatic hydroxyl groups is 2. The van der Waals surface area contributed by atoms with Crippen LogP contribution in [0.4, 0.5) is 0 Å². The molecule has 2 rings (SSSR count). The summed E-state index contributed by atoms with van der Waals surface area (Å²) >= 11 is 0. The molecule has 1 amide bonds. The Labute approximate surface area is 106 Å². The molecular weight excluding hydrogens is 232 g/mol. The lowest BCUT2D eigenvalue weighted by molar-refractivity contribution is 0.0675. The molecule has 5 heteroatoms. The summed E-state index contributed by atoms with van der Waals surface area (Å²) in [5.74, 6) is -0.106. The molecule has 0 aliphatic carbocycles. The van der Waals surface area contributed by atoms with Gasteiger partial charge in [-0.15, -0.1) is 0 Å². The van der Waals surface area contributed by atoms with Crippen LogP contribution in [0.2, 0.25) is 0 Å². The van der Waals surface area contributed by atoms with Crippen molar-refractivity contribution in [2.45, 2.75) is 12.8 Å². The molecule has 0 bridgehead atoms. The van der Waals surface area contributed by atoms with Gasteiger partial charge in [0.15, 0.2) is 0 Å². The van der Waals surface area contributed by atoms with Crippen molar-refractivity contribution in [3.8, 4) is 11.5 Å². The Bertz CT molecular complexity index is 448. The predicted molar refractivity (Wildman–Crippen MR) is 67.5 cm³/mol. The number of phenolic OH excluding ortho intramolecular Hbond substituents is 2. The van der Waals surface area contributed by atoms with E-state index in [0.717, 1.165) is 12.8 Å². The first-order valence-corrected chi connectivity index (χ1v) is 6.13. The van der Waals surface area contributed by atoms with Gasteiger partial charge in [-0.1, -0.05) is 0 Å². The minimum atomic E-state index is -0.203.